The molecule has 4 aromatic rings. The van der Waals surface area contributed by atoms with E-state index < -0.39 is 0 Å². The molecule has 0 aromatic heterocycles. The molecule has 6 nitrogen and oxygen atoms in total. The molecule has 0 spiro atoms. The summed E-state index contributed by atoms with van der Waals surface area (Å²) >= 11 is 0. The topological polar surface area (TPSA) is 84.0 Å². The minimum atomic E-state index is -0.119. The Labute approximate surface area is 294 Å². The van der Waals surface area contributed by atoms with E-state index in [0.717, 1.165) is 43.7 Å². The van der Waals surface area contributed by atoms with Crippen molar-refractivity contribution in [2.24, 2.45) is 11.8 Å². The van der Waals surface area contributed by atoms with E-state index in [1.165, 1.54) is 22.3 Å². The molecule has 2 aliphatic heterocycles. The van der Waals surface area contributed by atoms with Crippen LogP contribution in [-0.2, 0) is 20.3 Å². The van der Waals surface area contributed by atoms with E-state index in [1.807, 2.05) is 48.5 Å². The number of rotatable bonds is 12. The summed E-state index contributed by atoms with van der Waals surface area (Å²) in [7, 11) is 0. The van der Waals surface area contributed by atoms with Gasteiger partial charge in [0.1, 0.15) is 35.7 Å². The smallest absolute Gasteiger partial charge is 0.119 e. The van der Waals surface area contributed by atoms with Crippen molar-refractivity contribution in [3.63, 3.8) is 0 Å². The Morgan fingerprint density at radius 2 is 0.959 bits per heavy atom. The maximum atomic E-state index is 9.43. The Morgan fingerprint density at radius 1 is 0.592 bits per heavy atom. The van der Waals surface area contributed by atoms with E-state index in [2.05, 4.69) is 79.7 Å². The third-order valence-corrected chi connectivity index (χ3v) is 9.23. The Morgan fingerprint density at radius 3 is 1.27 bits per heavy atom. The zero-order chi connectivity index (χ0) is 35.6. The van der Waals surface area contributed by atoms with Gasteiger partial charge in [0, 0.05) is 10.8 Å². The molecule has 2 aliphatic rings. The van der Waals surface area contributed by atoms with Crippen molar-refractivity contribution in [3.8, 4) is 23.0 Å². The van der Waals surface area contributed by atoms with Gasteiger partial charge in [-0.15, -0.1) is 0 Å². The van der Waals surface area contributed by atoms with Crippen LogP contribution >= 0.6 is 0 Å². The van der Waals surface area contributed by atoms with Gasteiger partial charge in [-0.25, -0.2) is 0 Å². The Hall–Kier alpha value is -4.00. The molecule has 2 unspecified atom stereocenters. The number of phenolic OH excluding ortho intramolecular Hbond substituents is 2. The van der Waals surface area contributed by atoms with Gasteiger partial charge in [0.15, 0.2) is 0 Å². The minimum Gasteiger partial charge on any atom is -0.508 e. The fourth-order valence-electron chi connectivity index (χ4n) is 5.23. The molecular weight excluding hydrogens is 612 g/mol. The van der Waals surface area contributed by atoms with Gasteiger partial charge in [-0.2, -0.15) is 0 Å². The second-order valence-electron chi connectivity index (χ2n) is 14.8. The number of ether oxygens (including phenoxy) is 4. The Kier molecular flexibility index (Phi) is 13.2. The third-order valence-electron chi connectivity index (χ3n) is 9.23. The summed E-state index contributed by atoms with van der Waals surface area (Å²) in [4.78, 5) is 0. The number of phenols is 2. The lowest BCUT2D eigenvalue weighted by molar-refractivity contribution is 0.263. The standard InChI is InChI=1S/C20H26O2.C18H20O3.C5H10O/c1-15(2)13-14-22-19-11-7-17(8-12-19)20(3,4)16-5-9-18(21)10-6-16;1-18(2,13-3-7-15(19)8-4-13)14-5-9-16(10-6-14)20-11-17-12-21-17;1-4(2)5-3-6-5/h5-12,15,21H,13-14H2,1-4H3;3-10,17,19H,11-12H2,1-2H3;4-5H,3H2,1-2H3. The quantitative estimate of drug-likeness (QED) is 0.146. The van der Waals surface area contributed by atoms with Crippen molar-refractivity contribution in [3.05, 3.63) is 119 Å². The second-order valence-corrected chi connectivity index (χ2v) is 14.8. The average Bonchev–Trinajstić information content (AvgIpc) is 4.00. The molecule has 2 atom stereocenters. The Balaban J connectivity index is 0.000000189. The van der Waals surface area contributed by atoms with Crippen molar-refractivity contribution in [2.75, 3.05) is 26.4 Å². The lowest BCUT2D eigenvalue weighted by atomic mass is 9.78. The third kappa shape index (κ3) is 11.8. The number of hydrogen-bond donors (Lipinski definition) is 2. The van der Waals surface area contributed by atoms with Crippen LogP contribution in [-0.4, -0.2) is 48.8 Å². The summed E-state index contributed by atoms with van der Waals surface area (Å²) in [5.41, 5.74) is 4.56. The average molecular weight is 669 g/mol. The first kappa shape index (κ1) is 37.8. The maximum absolute atomic E-state index is 9.43. The predicted molar refractivity (Wildman–Crippen MR) is 198 cm³/mol. The van der Waals surface area contributed by atoms with Crippen LogP contribution in [0.5, 0.6) is 23.0 Å². The first-order valence-corrected chi connectivity index (χ1v) is 17.5. The van der Waals surface area contributed by atoms with Gasteiger partial charge in [-0.05, 0) is 89.0 Å². The normalized spacial score (nSPS) is 16.6. The molecule has 2 N–H and O–H groups in total. The summed E-state index contributed by atoms with van der Waals surface area (Å²) in [5.74, 6) is 3.79. The molecule has 6 rings (SSSR count). The van der Waals surface area contributed by atoms with Crippen LogP contribution in [0.25, 0.3) is 0 Å². The van der Waals surface area contributed by atoms with E-state index in [-0.39, 0.29) is 16.9 Å². The fourth-order valence-corrected chi connectivity index (χ4v) is 5.23. The zero-order valence-corrected chi connectivity index (χ0v) is 30.6. The maximum Gasteiger partial charge on any atom is 0.119 e. The highest BCUT2D eigenvalue weighted by molar-refractivity contribution is 5.43. The molecule has 264 valence electrons. The van der Waals surface area contributed by atoms with Crippen LogP contribution in [0, 0.1) is 11.8 Å². The molecule has 0 saturated carbocycles. The highest BCUT2D eigenvalue weighted by Crippen LogP contribution is 2.34. The molecule has 0 amide bonds. The molecule has 2 saturated heterocycles. The molecule has 2 fully saturated rings. The molecule has 0 bridgehead atoms. The highest BCUT2D eigenvalue weighted by Gasteiger charge is 2.26. The number of hydrogen-bond acceptors (Lipinski definition) is 6. The van der Waals surface area contributed by atoms with Gasteiger partial charge in [0.25, 0.3) is 0 Å². The van der Waals surface area contributed by atoms with Crippen molar-refractivity contribution in [1.29, 1.82) is 0 Å². The monoisotopic (exact) mass is 668 g/mol. The van der Waals surface area contributed by atoms with Crippen molar-refractivity contribution < 1.29 is 29.2 Å². The molecule has 4 aromatic carbocycles. The SMILES string of the molecule is CC(C)(c1ccc(O)cc1)c1ccc(OCC2CO2)cc1.CC(C)C1CO1.CC(C)CCOc1ccc(C(C)(C)c2ccc(O)cc2)cc1. The van der Waals surface area contributed by atoms with E-state index in [1.54, 1.807) is 24.3 Å². The first-order chi connectivity index (χ1) is 23.3. The van der Waals surface area contributed by atoms with Crippen molar-refractivity contribution in [2.45, 2.75) is 84.8 Å². The summed E-state index contributed by atoms with van der Waals surface area (Å²) in [6.45, 7) is 20.7. The van der Waals surface area contributed by atoms with Gasteiger partial charge < -0.3 is 29.2 Å². The van der Waals surface area contributed by atoms with E-state index in [4.69, 9.17) is 18.9 Å². The first-order valence-electron chi connectivity index (χ1n) is 17.5. The number of epoxide rings is 2. The zero-order valence-electron chi connectivity index (χ0n) is 30.6. The van der Waals surface area contributed by atoms with Crippen LogP contribution in [0.4, 0.5) is 0 Å². The molecule has 2 heterocycles. The van der Waals surface area contributed by atoms with Crippen LogP contribution in [0.15, 0.2) is 97.1 Å². The molecule has 49 heavy (non-hydrogen) atoms. The number of benzene rings is 4. The molecular formula is C43H56O6. The summed E-state index contributed by atoms with van der Waals surface area (Å²) in [5, 5.41) is 18.8. The predicted octanol–water partition coefficient (Wildman–Crippen LogP) is 9.68. The molecule has 0 aliphatic carbocycles. The van der Waals surface area contributed by atoms with Gasteiger partial charge in [-0.3, -0.25) is 0 Å². The van der Waals surface area contributed by atoms with E-state index >= 15 is 0 Å². The summed E-state index contributed by atoms with van der Waals surface area (Å²) in [6, 6.07) is 31.3. The van der Waals surface area contributed by atoms with Crippen LogP contribution in [0.3, 0.4) is 0 Å². The van der Waals surface area contributed by atoms with Gasteiger partial charge in [0.05, 0.1) is 25.9 Å². The largest absolute Gasteiger partial charge is 0.508 e. The van der Waals surface area contributed by atoms with Crippen LogP contribution in [0.1, 0.15) is 84.1 Å². The highest BCUT2D eigenvalue weighted by atomic mass is 16.6. The Bertz CT molecular complexity index is 1530. The second kappa shape index (κ2) is 17.1. The number of aromatic hydroxyl groups is 2. The lowest BCUT2D eigenvalue weighted by Gasteiger charge is -2.26. The summed E-state index contributed by atoms with van der Waals surface area (Å²) < 4.78 is 21.5. The van der Waals surface area contributed by atoms with E-state index in [9.17, 15) is 10.2 Å². The lowest BCUT2D eigenvalue weighted by Crippen LogP contribution is -2.18. The minimum absolute atomic E-state index is 0.107. The van der Waals surface area contributed by atoms with Gasteiger partial charge in [0.2, 0.25) is 0 Å². The fraction of sp³-hybridized carbons (Fsp3) is 0.442. The molecule has 6 heteroatoms. The summed E-state index contributed by atoms with van der Waals surface area (Å²) in [6.07, 6.45) is 1.95. The van der Waals surface area contributed by atoms with E-state index in [0.29, 0.717) is 30.1 Å². The molecule has 0 radical (unpaired) electrons. The van der Waals surface area contributed by atoms with Crippen molar-refractivity contribution in [1.82, 2.24) is 0 Å². The van der Waals surface area contributed by atoms with Gasteiger partial charge in [-0.1, -0.05) is 104 Å². The van der Waals surface area contributed by atoms with Crippen LogP contribution in [0.2, 0.25) is 0 Å². The van der Waals surface area contributed by atoms with Crippen LogP contribution < -0.4 is 9.47 Å². The van der Waals surface area contributed by atoms with Gasteiger partial charge >= 0.3 is 0 Å². The van der Waals surface area contributed by atoms with Crippen molar-refractivity contribution >= 4 is 0 Å².